The fraction of sp³-hybridized carbons (Fsp3) is 0.0714. The van der Waals surface area contributed by atoms with E-state index in [0.717, 1.165) is 0 Å². The van der Waals surface area contributed by atoms with Gasteiger partial charge in [0.1, 0.15) is 0 Å². The van der Waals surface area contributed by atoms with Crippen LogP contribution < -0.4 is 5.43 Å². The Morgan fingerprint density at radius 2 is 1.82 bits per heavy atom. The van der Waals surface area contributed by atoms with Gasteiger partial charge in [0, 0.05) is 22.2 Å². The number of nitrogens with one attached hydrogen (secondary N) is 1. The number of aryl methyl sites for hydroxylation is 1. The van der Waals surface area contributed by atoms with E-state index < -0.39 is 4.92 Å². The first kappa shape index (κ1) is 16.5. The molecule has 0 saturated carbocycles. The number of nitrogens with zero attached hydrogens (tertiary/aromatic N) is 2. The van der Waals surface area contributed by atoms with E-state index in [1.165, 1.54) is 24.4 Å². The molecule has 0 aliphatic rings. The summed E-state index contributed by atoms with van der Waals surface area (Å²) < 4.78 is 0. The molecule has 0 aromatic heterocycles. The van der Waals surface area contributed by atoms with Gasteiger partial charge in [-0.15, -0.1) is 0 Å². The third kappa shape index (κ3) is 3.88. The van der Waals surface area contributed by atoms with Crippen LogP contribution in [0.4, 0.5) is 11.4 Å². The van der Waals surface area contributed by atoms with Crippen molar-refractivity contribution in [1.82, 2.24) is 0 Å². The number of rotatable bonds is 4. The van der Waals surface area contributed by atoms with Gasteiger partial charge in [0.05, 0.1) is 26.9 Å². The highest BCUT2D eigenvalue weighted by Crippen LogP contribution is 2.33. The van der Waals surface area contributed by atoms with Crippen LogP contribution in [0.15, 0.2) is 35.4 Å². The van der Waals surface area contributed by atoms with Crippen LogP contribution in [0.5, 0.6) is 0 Å². The third-order valence-corrected chi connectivity index (χ3v) is 3.64. The molecule has 0 spiro atoms. The molecule has 0 radical (unpaired) electrons. The van der Waals surface area contributed by atoms with E-state index in [1.807, 2.05) is 0 Å². The SMILES string of the molecule is Cc1ccc(C=NNc2c(Cl)cc(Cl)cc2Cl)cc1[N+](=O)[O-]. The zero-order valence-electron chi connectivity index (χ0n) is 11.3. The Kier molecular flexibility index (Phi) is 5.24. The second kappa shape index (κ2) is 6.96. The lowest BCUT2D eigenvalue weighted by atomic mass is 10.1. The number of anilines is 1. The smallest absolute Gasteiger partial charge is 0.272 e. The zero-order valence-corrected chi connectivity index (χ0v) is 13.6. The molecule has 0 saturated heterocycles. The van der Waals surface area contributed by atoms with Crippen LogP contribution in [-0.4, -0.2) is 11.1 Å². The summed E-state index contributed by atoms with van der Waals surface area (Å²) in [6, 6.07) is 7.87. The first-order valence-corrected chi connectivity index (χ1v) is 7.20. The lowest BCUT2D eigenvalue weighted by Crippen LogP contribution is -1.95. The molecule has 0 unspecified atom stereocenters. The number of hydrogen-bond acceptors (Lipinski definition) is 4. The van der Waals surface area contributed by atoms with Gasteiger partial charge >= 0.3 is 0 Å². The van der Waals surface area contributed by atoms with Crippen molar-refractivity contribution in [3.05, 3.63) is 66.6 Å². The molecule has 114 valence electrons. The van der Waals surface area contributed by atoms with Gasteiger partial charge in [0.15, 0.2) is 0 Å². The van der Waals surface area contributed by atoms with Gasteiger partial charge in [-0.1, -0.05) is 46.9 Å². The van der Waals surface area contributed by atoms with Crippen LogP contribution >= 0.6 is 34.8 Å². The van der Waals surface area contributed by atoms with E-state index >= 15 is 0 Å². The molecular weight excluding hydrogens is 349 g/mol. The van der Waals surface area contributed by atoms with Crippen LogP contribution in [0.2, 0.25) is 15.1 Å². The van der Waals surface area contributed by atoms with E-state index in [1.54, 1.807) is 19.1 Å². The summed E-state index contributed by atoms with van der Waals surface area (Å²) in [6.07, 6.45) is 1.44. The van der Waals surface area contributed by atoms with Crippen molar-refractivity contribution in [2.45, 2.75) is 6.92 Å². The summed E-state index contributed by atoms with van der Waals surface area (Å²) in [6.45, 7) is 1.67. The van der Waals surface area contributed by atoms with Gasteiger partial charge in [-0.05, 0) is 19.1 Å². The average molecular weight is 359 g/mol. The summed E-state index contributed by atoms with van der Waals surface area (Å²) in [7, 11) is 0. The third-order valence-electron chi connectivity index (χ3n) is 2.83. The van der Waals surface area contributed by atoms with Crippen molar-refractivity contribution in [3.63, 3.8) is 0 Å². The number of hydrogen-bond donors (Lipinski definition) is 1. The molecule has 1 N–H and O–H groups in total. The molecule has 0 aliphatic carbocycles. The van der Waals surface area contributed by atoms with Crippen molar-refractivity contribution in [2.75, 3.05) is 5.43 Å². The van der Waals surface area contributed by atoms with E-state index in [2.05, 4.69) is 10.5 Å². The standard InChI is InChI=1S/C14H10Cl3N3O2/c1-8-2-3-9(4-13(8)20(21)22)7-18-19-14-11(16)5-10(15)6-12(14)17/h2-7,19H,1H3. The number of halogens is 3. The van der Waals surface area contributed by atoms with Crippen LogP contribution in [0.3, 0.4) is 0 Å². The quantitative estimate of drug-likeness (QED) is 0.457. The Labute approximate surface area is 141 Å². The van der Waals surface area contributed by atoms with E-state index in [9.17, 15) is 10.1 Å². The van der Waals surface area contributed by atoms with Crippen LogP contribution in [0.1, 0.15) is 11.1 Å². The Morgan fingerprint density at radius 1 is 1.18 bits per heavy atom. The van der Waals surface area contributed by atoms with Gasteiger partial charge < -0.3 is 0 Å². The molecule has 22 heavy (non-hydrogen) atoms. The monoisotopic (exact) mass is 357 g/mol. The fourth-order valence-electron chi connectivity index (χ4n) is 1.72. The molecular formula is C14H10Cl3N3O2. The largest absolute Gasteiger partial charge is 0.275 e. The van der Waals surface area contributed by atoms with E-state index in [-0.39, 0.29) is 5.69 Å². The van der Waals surface area contributed by atoms with Gasteiger partial charge in [-0.2, -0.15) is 5.10 Å². The zero-order chi connectivity index (χ0) is 16.3. The molecule has 2 aromatic rings. The molecule has 5 nitrogen and oxygen atoms in total. The normalized spacial score (nSPS) is 10.9. The van der Waals surface area contributed by atoms with Crippen molar-refractivity contribution < 1.29 is 4.92 Å². The van der Waals surface area contributed by atoms with Crippen molar-refractivity contribution >= 4 is 52.4 Å². The number of hydrazone groups is 1. The maximum Gasteiger partial charge on any atom is 0.272 e. The first-order valence-electron chi connectivity index (χ1n) is 6.07. The first-order chi connectivity index (χ1) is 10.4. The van der Waals surface area contributed by atoms with E-state index in [4.69, 9.17) is 34.8 Å². The summed E-state index contributed by atoms with van der Waals surface area (Å²) in [5.74, 6) is 0. The summed E-state index contributed by atoms with van der Waals surface area (Å²) >= 11 is 17.8. The maximum absolute atomic E-state index is 10.9. The highest BCUT2D eigenvalue weighted by atomic mass is 35.5. The number of benzene rings is 2. The van der Waals surface area contributed by atoms with E-state index in [0.29, 0.717) is 31.9 Å². The Hall–Kier alpha value is -1.82. The lowest BCUT2D eigenvalue weighted by Gasteiger charge is -2.06. The average Bonchev–Trinajstić information content (AvgIpc) is 2.43. The fourth-order valence-corrected chi connectivity index (χ4v) is 2.63. The highest BCUT2D eigenvalue weighted by molar-refractivity contribution is 6.41. The topological polar surface area (TPSA) is 67.5 Å². The summed E-state index contributed by atoms with van der Waals surface area (Å²) in [4.78, 5) is 10.5. The van der Waals surface area contributed by atoms with Crippen molar-refractivity contribution in [1.29, 1.82) is 0 Å². The predicted octanol–water partition coefficient (Wildman–Crippen LogP) is 5.31. The second-order valence-corrected chi connectivity index (χ2v) is 5.67. The van der Waals surface area contributed by atoms with Crippen LogP contribution in [-0.2, 0) is 0 Å². The Morgan fingerprint density at radius 3 is 2.41 bits per heavy atom. The second-order valence-electron chi connectivity index (χ2n) is 4.42. The van der Waals surface area contributed by atoms with Crippen LogP contribution in [0.25, 0.3) is 0 Å². The highest BCUT2D eigenvalue weighted by Gasteiger charge is 2.10. The van der Waals surface area contributed by atoms with Crippen molar-refractivity contribution in [3.8, 4) is 0 Å². The van der Waals surface area contributed by atoms with Gasteiger partial charge in [-0.25, -0.2) is 0 Å². The minimum atomic E-state index is -0.437. The lowest BCUT2D eigenvalue weighted by molar-refractivity contribution is -0.385. The summed E-state index contributed by atoms with van der Waals surface area (Å²) in [5, 5.41) is 15.9. The molecule has 0 heterocycles. The van der Waals surface area contributed by atoms with Gasteiger partial charge in [0.2, 0.25) is 0 Å². The molecule has 0 bridgehead atoms. The molecule has 0 amide bonds. The van der Waals surface area contributed by atoms with Crippen molar-refractivity contribution in [2.24, 2.45) is 5.10 Å². The molecule has 2 rings (SSSR count). The molecule has 0 fully saturated rings. The van der Waals surface area contributed by atoms with Gasteiger partial charge in [-0.3, -0.25) is 15.5 Å². The summed E-state index contributed by atoms with van der Waals surface area (Å²) in [5.41, 5.74) is 4.30. The minimum Gasteiger partial charge on any atom is -0.275 e. The Bertz CT molecular complexity index is 740. The molecule has 8 heteroatoms. The molecule has 0 aliphatic heterocycles. The van der Waals surface area contributed by atoms with Crippen LogP contribution in [0, 0.1) is 17.0 Å². The minimum absolute atomic E-state index is 0.0338. The molecule has 2 aromatic carbocycles. The predicted molar refractivity (Wildman–Crippen MR) is 90.5 cm³/mol. The van der Waals surface area contributed by atoms with Gasteiger partial charge in [0.25, 0.3) is 5.69 Å². The number of nitro benzene ring substituents is 1. The molecule has 0 atom stereocenters. The number of nitro groups is 1. The Balaban J connectivity index is 2.20. The maximum atomic E-state index is 10.9.